The Kier molecular flexibility index (Phi) is 5.98. The molecular formula is C18H29N3O. The Morgan fingerprint density at radius 1 is 0.955 bits per heavy atom. The van der Waals surface area contributed by atoms with Crippen LogP contribution in [0.2, 0.25) is 0 Å². The predicted molar refractivity (Wildman–Crippen MR) is 90.7 cm³/mol. The van der Waals surface area contributed by atoms with Gasteiger partial charge in [0.15, 0.2) is 0 Å². The van der Waals surface area contributed by atoms with Crippen molar-refractivity contribution in [2.45, 2.75) is 45.8 Å². The maximum Gasteiger partial charge on any atom is 0.237 e. The maximum absolute atomic E-state index is 12.1. The Morgan fingerprint density at radius 2 is 1.50 bits per heavy atom. The van der Waals surface area contributed by atoms with E-state index in [-0.39, 0.29) is 18.0 Å². The van der Waals surface area contributed by atoms with Crippen molar-refractivity contribution in [2.75, 3.05) is 26.2 Å². The molecule has 1 aromatic rings. The summed E-state index contributed by atoms with van der Waals surface area (Å²) in [6.07, 6.45) is 0. The van der Waals surface area contributed by atoms with E-state index in [2.05, 4.69) is 52.4 Å². The van der Waals surface area contributed by atoms with Crippen molar-refractivity contribution >= 4 is 5.91 Å². The van der Waals surface area contributed by atoms with Crippen LogP contribution in [0.4, 0.5) is 0 Å². The summed E-state index contributed by atoms with van der Waals surface area (Å²) in [5.41, 5.74) is 1.36. The number of carbonyl (C=O) groups excluding carboxylic acids is 1. The molecule has 2 atom stereocenters. The Balaban J connectivity index is 1.86. The van der Waals surface area contributed by atoms with Gasteiger partial charge in [-0.2, -0.15) is 0 Å². The predicted octanol–water partition coefficient (Wildman–Crippen LogP) is 2.28. The van der Waals surface area contributed by atoms with Crippen LogP contribution < -0.4 is 5.32 Å². The normalized spacial score (nSPS) is 19.9. The van der Waals surface area contributed by atoms with Crippen LogP contribution in [-0.4, -0.2) is 54.0 Å². The number of hydrogen-bond acceptors (Lipinski definition) is 3. The molecule has 0 radical (unpaired) electrons. The average molecular weight is 303 g/mol. The molecule has 1 fully saturated rings. The van der Waals surface area contributed by atoms with E-state index in [0.29, 0.717) is 6.04 Å². The summed E-state index contributed by atoms with van der Waals surface area (Å²) >= 11 is 0. The van der Waals surface area contributed by atoms with Crippen LogP contribution in [-0.2, 0) is 4.79 Å². The molecule has 1 aliphatic rings. The van der Waals surface area contributed by atoms with E-state index < -0.39 is 0 Å². The lowest BCUT2D eigenvalue weighted by molar-refractivity contribution is -0.127. The molecule has 2 unspecified atom stereocenters. The highest BCUT2D eigenvalue weighted by atomic mass is 16.2. The molecule has 22 heavy (non-hydrogen) atoms. The van der Waals surface area contributed by atoms with Gasteiger partial charge in [-0.15, -0.1) is 0 Å². The fraction of sp³-hybridized carbons (Fsp3) is 0.611. The Labute approximate surface area is 134 Å². The number of nitrogens with zero attached hydrogens (tertiary/aromatic N) is 2. The van der Waals surface area contributed by atoms with Crippen molar-refractivity contribution < 1.29 is 4.79 Å². The minimum Gasteiger partial charge on any atom is -0.353 e. The van der Waals surface area contributed by atoms with E-state index >= 15 is 0 Å². The molecule has 0 aromatic heterocycles. The summed E-state index contributed by atoms with van der Waals surface area (Å²) in [6, 6.07) is 11.2. The van der Waals surface area contributed by atoms with Crippen molar-refractivity contribution in [3.63, 3.8) is 0 Å². The molecule has 1 heterocycles. The summed E-state index contributed by atoms with van der Waals surface area (Å²) in [5.74, 6) is 0.138. The molecule has 1 saturated heterocycles. The molecule has 4 nitrogen and oxygen atoms in total. The van der Waals surface area contributed by atoms with Crippen LogP contribution in [0.1, 0.15) is 39.3 Å². The topological polar surface area (TPSA) is 35.6 Å². The smallest absolute Gasteiger partial charge is 0.237 e. The van der Waals surface area contributed by atoms with Gasteiger partial charge in [0.05, 0.1) is 6.04 Å². The highest BCUT2D eigenvalue weighted by Gasteiger charge is 2.27. The number of piperazine rings is 1. The Morgan fingerprint density at radius 3 is 2.05 bits per heavy atom. The minimum absolute atomic E-state index is 0.0448. The van der Waals surface area contributed by atoms with Gasteiger partial charge in [-0.05, 0) is 33.3 Å². The molecule has 1 amide bonds. The van der Waals surface area contributed by atoms with Gasteiger partial charge in [0.2, 0.25) is 5.91 Å². The van der Waals surface area contributed by atoms with E-state index in [1.807, 2.05) is 20.8 Å². The molecule has 0 bridgehead atoms. The number of rotatable bonds is 5. The Bertz CT molecular complexity index is 466. The third-order valence-corrected chi connectivity index (χ3v) is 4.54. The van der Waals surface area contributed by atoms with E-state index in [1.165, 1.54) is 5.56 Å². The number of hydrogen-bond donors (Lipinski definition) is 1. The summed E-state index contributed by atoms with van der Waals surface area (Å²) in [6.45, 7) is 12.2. The fourth-order valence-electron chi connectivity index (χ4n) is 3.03. The van der Waals surface area contributed by atoms with E-state index in [9.17, 15) is 4.79 Å². The van der Waals surface area contributed by atoms with Crippen LogP contribution in [0.15, 0.2) is 30.3 Å². The first kappa shape index (κ1) is 17.0. The summed E-state index contributed by atoms with van der Waals surface area (Å²) in [4.78, 5) is 16.9. The van der Waals surface area contributed by atoms with Gasteiger partial charge in [-0.1, -0.05) is 30.3 Å². The lowest BCUT2D eigenvalue weighted by Gasteiger charge is -2.40. The van der Waals surface area contributed by atoms with Crippen molar-refractivity contribution in [2.24, 2.45) is 0 Å². The zero-order chi connectivity index (χ0) is 16.1. The lowest BCUT2D eigenvalue weighted by Crippen LogP contribution is -2.54. The van der Waals surface area contributed by atoms with Gasteiger partial charge in [0.25, 0.3) is 0 Å². The van der Waals surface area contributed by atoms with Crippen molar-refractivity contribution in [3.05, 3.63) is 35.9 Å². The molecule has 0 saturated carbocycles. The molecule has 2 rings (SSSR count). The van der Waals surface area contributed by atoms with Crippen LogP contribution in [0, 0.1) is 0 Å². The third-order valence-electron chi connectivity index (χ3n) is 4.54. The van der Waals surface area contributed by atoms with E-state index in [1.54, 1.807) is 0 Å². The standard InChI is InChI=1S/C18H29N3O/c1-14(2)19-18(22)16(4)21-12-10-20(11-13-21)15(3)17-8-6-5-7-9-17/h5-9,14-16H,10-13H2,1-4H3,(H,19,22). The lowest BCUT2D eigenvalue weighted by atomic mass is 10.1. The first-order valence-corrected chi connectivity index (χ1v) is 8.32. The second-order valence-electron chi connectivity index (χ2n) is 6.50. The van der Waals surface area contributed by atoms with Crippen LogP contribution in [0.25, 0.3) is 0 Å². The first-order valence-electron chi connectivity index (χ1n) is 8.32. The molecule has 1 aromatic carbocycles. The molecular weight excluding hydrogens is 274 g/mol. The second-order valence-corrected chi connectivity index (χ2v) is 6.50. The van der Waals surface area contributed by atoms with Gasteiger partial charge in [-0.3, -0.25) is 14.6 Å². The Hall–Kier alpha value is -1.39. The van der Waals surface area contributed by atoms with Crippen molar-refractivity contribution in [1.29, 1.82) is 0 Å². The first-order chi connectivity index (χ1) is 10.5. The highest BCUT2D eigenvalue weighted by Crippen LogP contribution is 2.21. The summed E-state index contributed by atoms with van der Waals surface area (Å²) in [7, 11) is 0. The van der Waals surface area contributed by atoms with Gasteiger partial charge >= 0.3 is 0 Å². The SMILES string of the molecule is CC(C)NC(=O)C(C)N1CCN(C(C)c2ccccc2)CC1. The van der Waals surface area contributed by atoms with Gasteiger partial charge < -0.3 is 5.32 Å². The molecule has 1 N–H and O–H groups in total. The van der Waals surface area contributed by atoms with Crippen LogP contribution >= 0.6 is 0 Å². The quantitative estimate of drug-likeness (QED) is 0.906. The largest absolute Gasteiger partial charge is 0.353 e. The highest BCUT2D eigenvalue weighted by molar-refractivity contribution is 5.81. The third kappa shape index (κ3) is 4.31. The number of benzene rings is 1. The fourth-order valence-corrected chi connectivity index (χ4v) is 3.03. The number of nitrogens with one attached hydrogen (secondary N) is 1. The molecule has 0 aliphatic carbocycles. The second kappa shape index (κ2) is 7.75. The zero-order valence-electron chi connectivity index (χ0n) is 14.2. The summed E-state index contributed by atoms with van der Waals surface area (Å²) in [5, 5.41) is 3.01. The average Bonchev–Trinajstić information content (AvgIpc) is 2.54. The monoisotopic (exact) mass is 303 g/mol. The van der Waals surface area contributed by atoms with Gasteiger partial charge in [0.1, 0.15) is 0 Å². The molecule has 122 valence electrons. The van der Waals surface area contributed by atoms with Crippen LogP contribution in [0.5, 0.6) is 0 Å². The summed E-state index contributed by atoms with van der Waals surface area (Å²) < 4.78 is 0. The maximum atomic E-state index is 12.1. The van der Waals surface area contributed by atoms with Crippen molar-refractivity contribution in [3.8, 4) is 0 Å². The number of amides is 1. The van der Waals surface area contributed by atoms with Gasteiger partial charge in [0, 0.05) is 38.3 Å². The van der Waals surface area contributed by atoms with Crippen molar-refractivity contribution in [1.82, 2.24) is 15.1 Å². The molecule has 1 aliphatic heterocycles. The van der Waals surface area contributed by atoms with Gasteiger partial charge in [-0.25, -0.2) is 0 Å². The zero-order valence-corrected chi connectivity index (χ0v) is 14.2. The van der Waals surface area contributed by atoms with Crippen LogP contribution in [0.3, 0.4) is 0 Å². The van der Waals surface area contributed by atoms with E-state index in [0.717, 1.165) is 26.2 Å². The molecule has 4 heteroatoms. The minimum atomic E-state index is -0.0448. The molecule has 0 spiro atoms. The number of carbonyl (C=O) groups is 1. The van der Waals surface area contributed by atoms with E-state index in [4.69, 9.17) is 0 Å².